The van der Waals surface area contributed by atoms with Gasteiger partial charge in [0.2, 0.25) is 0 Å². The first-order valence-electron chi connectivity index (χ1n) is 4.25. The lowest BCUT2D eigenvalue weighted by atomic mass is 9.98. The highest BCUT2D eigenvalue weighted by Gasteiger charge is 2.17. The van der Waals surface area contributed by atoms with Crippen LogP contribution in [0.15, 0.2) is 24.4 Å². The lowest BCUT2D eigenvalue weighted by Crippen LogP contribution is -2.11. The van der Waals surface area contributed by atoms with Gasteiger partial charge in [-0.1, -0.05) is 6.07 Å². The molecule has 2 heteroatoms. The number of aromatic nitrogens is 1. The fourth-order valence-corrected chi connectivity index (χ4v) is 1.37. The summed E-state index contributed by atoms with van der Waals surface area (Å²) in [4.78, 5) is 4.26. The van der Waals surface area contributed by atoms with E-state index in [0.29, 0.717) is 0 Å². The zero-order valence-corrected chi connectivity index (χ0v) is 6.86. The van der Waals surface area contributed by atoms with Crippen LogP contribution in [0.3, 0.4) is 0 Å². The number of hydrogen-bond acceptors (Lipinski definition) is 2. The number of pyridine rings is 1. The Kier molecular flexibility index (Phi) is 2.37. The minimum absolute atomic E-state index is 0.278. The third-order valence-corrected chi connectivity index (χ3v) is 2.01. The third-order valence-electron chi connectivity index (χ3n) is 2.01. The van der Waals surface area contributed by atoms with Gasteiger partial charge in [0.25, 0.3) is 0 Å². The number of hydrogen-bond donors (Lipinski definition) is 0. The van der Waals surface area contributed by atoms with Crippen molar-refractivity contribution in [2.24, 2.45) is 0 Å². The Labute approximate surface area is 72.6 Å². The van der Waals surface area contributed by atoms with E-state index < -0.39 is 0 Å². The summed E-state index contributed by atoms with van der Waals surface area (Å²) >= 11 is 0. The first-order chi connectivity index (χ1) is 5.97. The summed E-state index contributed by atoms with van der Waals surface area (Å²) in [6.45, 7) is 3.78. The normalized spacial score (nSPS) is 23.8. The first-order valence-corrected chi connectivity index (χ1v) is 4.25. The van der Waals surface area contributed by atoms with Gasteiger partial charge in [0.1, 0.15) is 6.61 Å². The monoisotopic (exact) mass is 161 g/mol. The molecule has 0 N–H and O–H groups in total. The van der Waals surface area contributed by atoms with Gasteiger partial charge in [0, 0.05) is 24.4 Å². The standard InChI is InChI=1S/C10H11NO/c1-2-6-11-10(5-1)9-4-3-7-12-8-9/h1-2,5-6,9H,3-4,7H2. The van der Waals surface area contributed by atoms with Crippen molar-refractivity contribution in [3.8, 4) is 0 Å². The van der Waals surface area contributed by atoms with Crippen molar-refractivity contribution in [3.05, 3.63) is 36.7 Å². The van der Waals surface area contributed by atoms with Gasteiger partial charge in [0.05, 0.1) is 0 Å². The lowest BCUT2D eigenvalue weighted by molar-refractivity contribution is 0.139. The molecule has 1 aliphatic heterocycles. The quantitative estimate of drug-likeness (QED) is 0.628. The minimum Gasteiger partial charge on any atom is -0.368 e. The van der Waals surface area contributed by atoms with Gasteiger partial charge >= 0.3 is 0 Å². The largest absolute Gasteiger partial charge is 0.368 e. The second-order valence-corrected chi connectivity index (χ2v) is 2.92. The molecule has 2 nitrogen and oxygen atoms in total. The van der Waals surface area contributed by atoms with Crippen molar-refractivity contribution in [1.29, 1.82) is 0 Å². The van der Waals surface area contributed by atoms with E-state index >= 15 is 0 Å². The second kappa shape index (κ2) is 3.68. The van der Waals surface area contributed by atoms with Gasteiger partial charge in [0.15, 0.2) is 0 Å². The summed E-state index contributed by atoms with van der Waals surface area (Å²) in [6, 6.07) is 5.94. The zero-order valence-electron chi connectivity index (χ0n) is 6.86. The van der Waals surface area contributed by atoms with Gasteiger partial charge in [-0.2, -0.15) is 0 Å². The first kappa shape index (κ1) is 7.74. The molecule has 1 aliphatic rings. The second-order valence-electron chi connectivity index (χ2n) is 2.92. The van der Waals surface area contributed by atoms with Gasteiger partial charge in [-0.3, -0.25) is 4.98 Å². The number of rotatable bonds is 1. The van der Waals surface area contributed by atoms with Gasteiger partial charge in [-0.15, -0.1) is 0 Å². The summed E-state index contributed by atoms with van der Waals surface area (Å²) in [6.07, 6.45) is 4.02. The summed E-state index contributed by atoms with van der Waals surface area (Å²) in [5.41, 5.74) is 1.07. The molecule has 0 spiro atoms. The number of ether oxygens (including phenoxy) is 1. The molecule has 1 saturated heterocycles. The summed E-state index contributed by atoms with van der Waals surface area (Å²) in [7, 11) is 0. The van der Waals surface area contributed by atoms with Gasteiger partial charge in [-0.05, 0) is 25.0 Å². The van der Waals surface area contributed by atoms with Crippen molar-refractivity contribution in [2.75, 3.05) is 6.61 Å². The SMILES string of the molecule is [C]1OCCCC1c1ccccn1. The summed E-state index contributed by atoms with van der Waals surface area (Å²) in [5.74, 6) is 0.278. The van der Waals surface area contributed by atoms with Crippen LogP contribution in [0.25, 0.3) is 0 Å². The van der Waals surface area contributed by atoms with Crippen LogP contribution in [0.2, 0.25) is 0 Å². The van der Waals surface area contributed by atoms with Crippen molar-refractivity contribution >= 4 is 0 Å². The molecule has 2 heterocycles. The number of nitrogens with zero attached hydrogens (tertiary/aromatic N) is 1. The molecular formula is C10H11NO. The Hall–Kier alpha value is -0.890. The van der Waals surface area contributed by atoms with Crippen LogP contribution in [-0.4, -0.2) is 11.6 Å². The van der Waals surface area contributed by atoms with E-state index in [9.17, 15) is 0 Å². The molecule has 12 heavy (non-hydrogen) atoms. The molecule has 1 atom stereocenters. The minimum atomic E-state index is 0.278. The lowest BCUT2D eigenvalue weighted by Gasteiger charge is -2.19. The van der Waals surface area contributed by atoms with E-state index in [2.05, 4.69) is 11.6 Å². The third kappa shape index (κ3) is 1.64. The van der Waals surface area contributed by atoms with Gasteiger partial charge in [-0.25, -0.2) is 0 Å². The Balaban J connectivity index is 2.08. The summed E-state index contributed by atoms with van der Waals surface area (Å²) in [5, 5.41) is 0. The van der Waals surface area contributed by atoms with Gasteiger partial charge < -0.3 is 4.74 Å². The van der Waals surface area contributed by atoms with E-state index in [4.69, 9.17) is 4.74 Å². The van der Waals surface area contributed by atoms with Crippen molar-refractivity contribution in [3.63, 3.8) is 0 Å². The molecule has 0 saturated carbocycles. The van der Waals surface area contributed by atoms with Crippen LogP contribution in [-0.2, 0) is 4.74 Å². The van der Waals surface area contributed by atoms with Crippen LogP contribution < -0.4 is 0 Å². The van der Waals surface area contributed by atoms with E-state index in [-0.39, 0.29) is 5.92 Å². The molecule has 1 fully saturated rings. The molecular weight excluding hydrogens is 150 g/mol. The summed E-state index contributed by atoms with van der Waals surface area (Å²) < 4.78 is 5.15. The van der Waals surface area contributed by atoms with Crippen LogP contribution in [0.1, 0.15) is 24.5 Å². The maximum Gasteiger partial charge on any atom is 0.141 e. The van der Waals surface area contributed by atoms with E-state index in [0.717, 1.165) is 25.1 Å². The molecule has 62 valence electrons. The predicted octanol–water partition coefficient (Wildman–Crippen LogP) is 2.01. The smallest absolute Gasteiger partial charge is 0.141 e. The maximum atomic E-state index is 5.15. The maximum absolute atomic E-state index is 5.15. The Bertz CT molecular complexity index is 229. The van der Waals surface area contributed by atoms with Crippen molar-refractivity contribution < 1.29 is 4.74 Å². The molecule has 2 radical (unpaired) electrons. The molecule has 1 unspecified atom stereocenters. The van der Waals surface area contributed by atoms with E-state index in [1.165, 1.54) is 0 Å². The topological polar surface area (TPSA) is 22.1 Å². The molecule has 1 aromatic rings. The van der Waals surface area contributed by atoms with Crippen LogP contribution in [0.5, 0.6) is 0 Å². The fourth-order valence-electron chi connectivity index (χ4n) is 1.37. The Morgan fingerprint density at radius 2 is 2.50 bits per heavy atom. The molecule has 0 aliphatic carbocycles. The Morgan fingerprint density at radius 3 is 3.17 bits per heavy atom. The molecule has 0 bridgehead atoms. The average molecular weight is 161 g/mol. The average Bonchev–Trinajstić information content (AvgIpc) is 2.21. The highest BCUT2D eigenvalue weighted by Crippen LogP contribution is 2.26. The van der Waals surface area contributed by atoms with Crippen LogP contribution in [0, 0.1) is 6.61 Å². The van der Waals surface area contributed by atoms with Crippen molar-refractivity contribution in [2.45, 2.75) is 18.8 Å². The molecule has 1 aromatic heterocycles. The van der Waals surface area contributed by atoms with E-state index in [1.807, 2.05) is 24.4 Å². The Morgan fingerprint density at radius 1 is 1.50 bits per heavy atom. The van der Waals surface area contributed by atoms with Crippen molar-refractivity contribution in [1.82, 2.24) is 4.98 Å². The molecule has 0 amide bonds. The molecule has 2 rings (SSSR count). The highest BCUT2D eigenvalue weighted by atomic mass is 16.5. The fraction of sp³-hybridized carbons (Fsp3) is 0.400. The van der Waals surface area contributed by atoms with Crippen LogP contribution in [0.4, 0.5) is 0 Å². The predicted molar refractivity (Wildman–Crippen MR) is 45.4 cm³/mol. The van der Waals surface area contributed by atoms with Crippen LogP contribution >= 0.6 is 0 Å². The van der Waals surface area contributed by atoms with E-state index in [1.54, 1.807) is 0 Å². The highest BCUT2D eigenvalue weighted by molar-refractivity contribution is 5.12. The molecule has 0 aromatic carbocycles. The zero-order chi connectivity index (χ0) is 8.23.